The zero-order chi connectivity index (χ0) is 13.1. The summed E-state index contributed by atoms with van der Waals surface area (Å²) in [5.74, 6) is -1.06. The van der Waals surface area contributed by atoms with Gasteiger partial charge in [0.25, 0.3) is 0 Å². The van der Waals surface area contributed by atoms with Crippen molar-refractivity contribution < 1.29 is 14.6 Å². The Morgan fingerprint density at radius 3 is 2.94 bits per heavy atom. The number of hydrogen-bond donors (Lipinski definition) is 2. The highest BCUT2D eigenvalue weighted by atomic mass is 16.5. The second kappa shape index (κ2) is 5.05. The lowest BCUT2D eigenvalue weighted by Crippen LogP contribution is -2.19. The number of carboxylic acid groups (broad SMARTS) is 1. The minimum Gasteiger partial charge on any atom is -0.478 e. The van der Waals surface area contributed by atoms with Crippen LogP contribution in [0.1, 0.15) is 17.3 Å². The number of imidazole rings is 1. The molecule has 0 aliphatic carbocycles. The van der Waals surface area contributed by atoms with Gasteiger partial charge in [-0.2, -0.15) is 0 Å². The van der Waals surface area contributed by atoms with Gasteiger partial charge in [-0.05, 0) is 19.1 Å². The number of benzene rings is 1. The van der Waals surface area contributed by atoms with Gasteiger partial charge in [0.1, 0.15) is 0 Å². The average Bonchev–Trinajstić information content (AvgIpc) is 2.66. The molecule has 0 aliphatic rings. The van der Waals surface area contributed by atoms with Crippen molar-refractivity contribution in [2.24, 2.45) is 0 Å². The maximum Gasteiger partial charge on any atom is 0.337 e. The molecule has 0 aliphatic heterocycles. The number of carboxylic acids is 1. The molecule has 1 heterocycles. The highest BCUT2D eigenvalue weighted by Gasteiger charge is 2.13. The quantitative estimate of drug-likeness (QED) is 0.777. The number of aromatic nitrogens is 2. The van der Waals surface area contributed by atoms with E-state index in [0.29, 0.717) is 30.8 Å². The maximum absolute atomic E-state index is 11.8. The van der Waals surface area contributed by atoms with Crippen molar-refractivity contribution in [3.05, 3.63) is 34.2 Å². The van der Waals surface area contributed by atoms with E-state index in [1.807, 2.05) is 6.92 Å². The van der Waals surface area contributed by atoms with E-state index in [-0.39, 0.29) is 11.3 Å². The minimum atomic E-state index is -1.06. The van der Waals surface area contributed by atoms with Crippen LogP contribution in [-0.2, 0) is 11.3 Å². The predicted octanol–water partition coefficient (Wildman–Crippen LogP) is 1.06. The third kappa shape index (κ3) is 2.14. The van der Waals surface area contributed by atoms with E-state index >= 15 is 0 Å². The van der Waals surface area contributed by atoms with Crippen LogP contribution in [0.15, 0.2) is 23.0 Å². The van der Waals surface area contributed by atoms with E-state index < -0.39 is 5.97 Å². The van der Waals surface area contributed by atoms with Crippen LogP contribution in [0.5, 0.6) is 0 Å². The summed E-state index contributed by atoms with van der Waals surface area (Å²) in [4.78, 5) is 25.4. The van der Waals surface area contributed by atoms with Gasteiger partial charge in [0.2, 0.25) is 0 Å². The lowest BCUT2D eigenvalue weighted by molar-refractivity contribution is 0.0699. The van der Waals surface area contributed by atoms with Crippen LogP contribution < -0.4 is 5.69 Å². The number of aromatic carboxylic acids is 1. The number of fused-ring (bicyclic) bond motifs is 1. The molecule has 2 rings (SSSR count). The SMILES string of the molecule is CCOCCn1c(=O)[nH]c2c(C(=O)O)cccc21. The highest BCUT2D eigenvalue weighted by Crippen LogP contribution is 2.15. The molecule has 2 N–H and O–H groups in total. The van der Waals surface area contributed by atoms with Crippen molar-refractivity contribution in [3.8, 4) is 0 Å². The van der Waals surface area contributed by atoms with Gasteiger partial charge < -0.3 is 14.8 Å². The second-order valence-corrected chi connectivity index (χ2v) is 3.78. The van der Waals surface area contributed by atoms with Crippen molar-refractivity contribution in [3.63, 3.8) is 0 Å². The summed E-state index contributed by atoms with van der Waals surface area (Å²) < 4.78 is 6.68. The zero-order valence-corrected chi connectivity index (χ0v) is 9.97. The van der Waals surface area contributed by atoms with Gasteiger partial charge in [0.05, 0.1) is 29.7 Å². The van der Waals surface area contributed by atoms with Crippen molar-refractivity contribution in [2.45, 2.75) is 13.5 Å². The Kier molecular flexibility index (Phi) is 3.47. The molecule has 2 aromatic rings. The topological polar surface area (TPSA) is 84.3 Å². The first-order valence-corrected chi connectivity index (χ1v) is 5.67. The molecule has 18 heavy (non-hydrogen) atoms. The molecule has 1 aromatic heterocycles. The van der Waals surface area contributed by atoms with E-state index in [0.717, 1.165) is 0 Å². The Bertz CT molecular complexity index is 627. The van der Waals surface area contributed by atoms with Gasteiger partial charge in [-0.1, -0.05) is 6.07 Å². The van der Waals surface area contributed by atoms with Gasteiger partial charge in [-0.25, -0.2) is 9.59 Å². The number of nitrogens with zero attached hydrogens (tertiary/aromatic N) is 1. The Labute approximate surface area is 103 Å². The molecular formula is C12H14N2O4. The molecule has 0 spiro atoms. The average molecular weight is 250 g/mol. The normalized spacial score (nSPS) is 10.9. The van der Waals surface area contributed by atoms with Gasteiger partial charge in [-0.15, -0.1) is 0 Å². The summed E-state index contributed by atoms with van der Waals surface area (Å²) in [6.45, 7) is 3.27. The Morgan fingerprint density at radius 1 is 1.50 bits per heavy atom. The predicted molar refractivity (Wildman–Crippen MR) is 66.0 cm³/mol. The first-order chi connectivity index (χ1) is 8.65. The lowest BCUT2D eigenvalue weighted by Gasteiger charge is -2.03. The molecular weight excluding hydrogens is 236 g/mol. The molecule has 0 saturated heterocycles. The summed E-state index contributed by atoms with van der Waals surface area (Å²) >= 11 is 0. The molecule has 0 unspecified atom stereocenters. The number of carbonyl (C=O) groups is 1. The number of rotatable bonds is 5. The first kappa shape index (κ1) is 12.4. The summed E-state index contributed by atoms with van der Waals surface area (Å²) in [5.41, 5.74) is 0.712. The fourth-order valence-electron chi connectivity index (χ4n) is 1.88. The van der Waals surface area contributed by atoms with Crippen LogP contribution in [0.25, 0.3) is 11.0 Å². The highest BCUT2D eigenvalue weighted by molar-refractivity contribution is 6.00. The van der Waals surface area contributed by atoms with E-state index in [4.69, 9.17) is 9.84 Å². The molecule has 0 bridgehead atoms. The fourth-order valence-corrected chi connectivity index (χ4v) is 1.88. The number of hydrogen-bond acceptors (Lipinski definition) is 3. The summed E-state index contributed by atoms with van der Waals surface area (Å²) in [6.07, 6.45) is 0. The van der Waals surface area contributed by atoms with Crippen LogP contribution in [0.3, 0.4) is 0 Å². The molecule has 0 saturated carbocycles. The van der Waals surface area contributed by atoms with E-state index in [9.17, 15) is 9.59 Å². The third-order valence-corrected chi connectivity index (χ3v) is 2.70. The van der Waals surface area contributed by atoms with Crippen LogP contribution in [0.4, 0.5) is 0 Å². The first-order valence-electron chi connectivity index (χ1n) is 5.67. The summed E-state index contributed by atoms with van der Waals surface area (Å²) in [5, 5.41) is 9.04. The van der Waals surface area contributed by atoms with Gasteiger partial charge >= 0.3 is 11.7 Å². The van der Waals surface area contributed by atoms with Crippen LogP contribution in [0.2, 0.25) is 0 Å². The molecule has 1 aromatic carbocycles. The van der Waals surface area contributed by atoms with Crippen molar-refractivity contribution in [1.29, 1.82) is 0 Å². The van der Waals surface area contributed by atoms with E-state index in [2.05, 4.69) is 4.98 Å². The van der Waals surface area contributed by atoms with Crippen LogP contribution in [0, 0.1) is 0 Å². The summed E-state index contributed by atoms with van der Waals surface area (Å²) in [6, 6.07) is 4.80. The van der Waals surface area contributed by atoms with Gasteiger partial charge in [0, 0.05) is 6.61 Å². The lowest BCUT2D eigenvalue weighted by atomic mass is 10.2. The monoisotopic (exact) mass is 250 g/mol. The Morgan fingerprint density at radius 2 is 2.28 bits per heavy atom. The van der Waals surface area contributed by atoms with Crippen LogP contribution >= 0.6 is 0 Å². The van der Waals surface area contributed by atoms with E-state index in [1.165, 1.54) is 10.6 Å². The smallest absolute Gasteiger partial charge is 0.337 e. The number of para-hydroxylation sites is 1. The molecule has 0 radical (unpaired) electrons. The van der Waals surface area contributed by atoms with Crippen molar-refractivity contribution >= 4 is 17.0 Å². The molecule has 6 heteroatoms. The largest absolute Gasteiger partial charge is 0.478 e. The van der Waals surface area contributed by atoms with E-state index in [1.54, 1.807) is 12.1 Å². The standard InChI is InChI=1S/C12H14N2O4/c1-2-18-7-6-14-9-5-3-4-8(11(15)16)10(9)13-12(14)17/h3-5H,2,6-7H2,1H3,(H,13,17)(H,15,16). The molecule has 6 nitrogen and oxygen atoms in total. The van der Waals surface area contributed by atoms with Crippen LogP contribution in [-0.4, -0.2) is 33.8 Å². The number of ether oxygens (including phenoxy) is 1. The summed E-state index contributed by atoms with van der Waals surface area (Å²) in [7, 11) is 0. The minimum absolute atomic E-state index is 0.0970. The Balaban J connectivity index is 2.48. The van der Waals surface area contributed by atoms with Gasteiger partial charge in [-0.3, -0.25) is 4.57 Å². The fraction of sp³-hybridized carbons (Fsp3) is 0.333. The zero-order valence-electron chi connectivity index (χ0n) is 9.97. The molecule has 96 valence electrons. The van der Waals surface area contributed by atoms with Gasteiger partial charge in [0.15, 0.2) is 0 Å². The molecule has 0 fully saturated rings. The maximum atomic E-state index is 11.8. The Hall–Kier alpha value is -2.08. The third-order valence-electron chi connectivity index (χ3n) is 2.70. The van der Waals surface area contributed by atoms with Crippen molar-refractivity contribution in [2.75, 3.05) is 13.2 Å². The molecule has 0 amide bonds. The molecule has 0 atom stereocenters. The second-order valence-electron chi connectivity index (χ2n) is 3.78. The number of nitrogens with one attached hydrogen (secondary N) is 1. The van der Waals surface area contributed by atoms with Crippen molar-refractivity contribution in [1.82, 2.24) is 9.55 Å². The number of H-pyrrole nitrogens is 1. The number of aromatic amines is 1.